The molecule has 6 aliphatic carbocycles. The van der Waals surface area contributed by atoms with Gasteiger partial charge in [-0.3, -0.25) is 9.59 Å². The molecule has 7 aliphatic rings. The summed E-state index contributed by atoms with van der Waals surface area (Å²) in [5.74, 6) is -1.24. The Morgan fingerprint density at radius 1 is 0.909 bits per heavy atom. The number of ether oxygens (including phenoxy) is 3. The molecular weight excluding hydrogens is 721 g/mol. The number of Topliss-reactive ketones (excluding diaryl/α,β-unsaturated/α-hetero) is 1. The van der Waals surface area contributed by atoms with Gasteiger partial charge in [0.2, 0.25) is 0 Å². The van der Waals surface area contributed by atoms with Gasteiger partial charge in [0, 0.05) is 43.4 Å². The van der Waals surface area contributed by atoms with Crippen molar-refractivity contribution in [3.05, 3.63) is 24.3 Å². The Hall–Kier alpha value is -1.93. The number of hydrogen-bond acceptors (Lipinski definition) is 10. The molecule has 0 aromatic carbocycles. The number of hydrogen-bond donors (Lipinski definition) is 4. The van der Waals surface area contributed by atoms with Gasteiger partial charge in [-0.25, -0.2) is 4.79 Å². The van der Waals surface area contributed by atoms with Crippen LogP contribution in [0.3, 0.4) is 0 Å². The molecule has 7 rings (SSSR count). The fourth-order valence-corrected chi connectivity index (χ4v) is 12.7. The highest BCUT2D eigenvalue weighted by Crippen LogP contribution is 2.65. The molecule has 1 spiro atoms. The molecule has 1 saturated heterocycles. The van der Waals surface area contributed by atoms with Gasteiger partial charge < -0.3 is 39.1 Å². The molecule has 1 aliphatic heterocycles. The van der Waals surface area contributed by atoms with Gasteiger partial charge in [0.1, 0.15) is 18.5 Å². The SMILES string of the molecule is C=C1C[C@@H](O)C2CCCC3(CCC4(OCCO4)C23)C[C@@H]1O[Si](C)(C)C(C)(C)C.C=C1C[C@@H](OC(=O)CO)C2CCCC3(CCC(=O)C23)C[C@@H]1O.CCC(=O)O. The first-order valence-electron chi connectivity index (χ1n) is 21.0. The topological polar surface area (TPSA) is 169 Å². The molecule has 0 amide bonds. The molecule has 0 aromatic heterocycles. The summed E-state index contributed by atoms with van der Waals surface area (Å²) in [5, 5.41) is 38.5. The van der Waals surface area contributed by atoms with Crippen LogP contribution < -0.4 is 0 Å². The molecule has 7 fully saturated rings. The van der Waals surface area contributed by atoms with E-state index in [0.717, 1.165) is 56.9 Å². The van der Waals surface area contributed by atoms with Crippen molar-refractivity contribution in [2.75, 3.05) is 19.8 Å². The van der Waals surface area contributed by atoms with Crippen molar-refractivity contribution in [1.29, 1.82) is 0 Å². The van der Waals surface area contributed by atoms with Crippen molar-refractivity contribution < 1.29 is 53.4 Å². The Balaban J connectivity index is 0.000000192. The molecule has 55 heavy (non-hydrogen) atoms. The maximum absolute atomic E-state index is 12.5. The van der Waals surface area contributed by atoms with E-state index in [-0.39, 0.29) is 64.0 Å². The molecule has 312 valence electrons. The fraction of sp³-hybridized carbons (Fsp3) is 0.837. The van der Waals surface area contributed by atoms with Gasteiger partial charge in [0.15, 0.2) is 14.1 Å². The fourth-order valence-electron chi connectivity index (χ4n) is 11.4. The lowest BCUT2D eigenvalue weighted by molar-refractivity contribution is -0.228. The average molecular weight is 791 g/mol. The largest absolute Gasteiger partial charge is 0.481 e. The molecule has 6 unspecified atom stereocenters. The van der Waals surface area contributed by atoms with Crippen LogP contribution in [-0.2, 0) is 33.0 Å². The van der Waals surface area contributed by atoms with E-state index in [1.54, 1.807) is 6.92 Å². The van der Waals surface area contributed by atoms with Crippen molar-refractivity contribution in [2.45, 2.75) is 172 Å². The second-order valence-electron chi connectivity index (χ2n) is 19.3. The maximum atomic E-state index is 12.5. The van der Waals surface area contributed by atoms with Gasteiger partial charge in [-0.15, -0.1) is 0 Å². The van der Waals surface area contributed by atoms with E-state index in [1.807, 2.05) is 0 Å². The molecule has 0 aromatic rings. The predicted molar refractivity (Wildman–Crippen MR) is 210 cm³/mol. The number of rotatable bonds is 5. The van der Waals surface area contributed by atoms with Crippen LogP contribution in [0.1, 0.15) is 124 Å². The lowest BCUT2D eigenvalue weighted by Gasteiger charge is -2.53. The highest BCUT2D eigenvalue weighted by atomic mass is 28.4. The minimum atomic E-state index is -1.93. The van der Waals surface area contributed by atoms with E-state index in [9.17, 15) is 24.6 Å². The third-order valence-electron chi connectivity index (χ3n) is 15.0. The van der Waals surface area contributed by atoms with Crippen LogP contribution in [0.4, 0.5) is 0 Å². The zero-order valence-corrected chi connectivity index (χ0v) is 35.4. The molecule has 1 heterocycles. The zero-order valence-electron chi connectivity index (χ0n) is 34.4. The first-order chi connectivity index (χ1) is 25.7. The van der Waals surface area contributed by atoms with E-state index in [1.165, 1.54) is 12.8 Å². The van der Waals surface area contributed by atoms with Crippen molar-refractivity contribution in [1.82, 2.24) is 0 Å². The molecule has 6 saturated carbocycles. The van der Waals surface area contributed by atoms with Crippen molar-refractivity contribution in [2.24, 2.45) is 34.5 Å². The highest BCUT2D eigenvalue weighted by molar-refractivity contribution is 6.74. The third kappa shape index (κ3) is 9.05. The van der Waals surface area contributed by atoms with Crippen LogP contribution in [0.15, 0.2) is 24.3 Å². The molecule has 10 atom stereocenters. The lowest BCUT2D eigenvalue weighted by atomic mass is 9.56. The summed E-state index contributed by atoms with van der Waals surface area (Å²) in [6, 6.07) is 0. The summed E-state index contributed by atoms with van der Waals surface area (Å²) in [6.45, 7) is 22.2. The normalized spacial score (nSPS) is 38.2. The van der Waals surface area contributed by atoms with E-state index >= 15 is 0 Å². The molecule has 4 N–H and O–H groups in total. The van der Waals surface area contributed by atoms with E-state index in [0.29, 0.717) is 44.5 Å². The monoisotopic (exact) mass is 790 g/mol. The second kappa shape index (κ2) is 17.1. The standard InChI is InChI=1S/C23H40O4Si.C17H24O5.C3H6O2/c1-16-14-18(24)17-8-7-9-22(10-11-23(20(17)22)25-12-13-26-23)15-19(16)27-28(5,6)21(2,3)4;1-10-7-14(22-15(21)9-18)11-3-2-5-17(8-13(10)20)6-4-12(19)16(11)17;1-2-3(4)5/h17-20,24H,1,7-15H2,2-6H3;11,13-14,16,18,20H,1-9H2;2H2,1H3,(H,4,5)/t17?,18-,19+,20?,22?;11?,13-,14+,16?,17?;/m10./s1. The molecule has 0 radical (unpaired) electrons. The Kier molecular flexibility index (Phi) is 13.7. The number of ketones is 1. The minimum Gasteiger partial charge on any atom is -0.481 e. The average Bonchev–Trinajstić information content (AvgIpc) is 3.82. The van der Waals surface area contributed by atoms with Crippen LogP contribution in [0, 0.1) is 34.5 Å². The first-order valence-corrected chi connectivity index (χ1v) is 23.9. The summed E-state index contributed by atoms with van der Waals surface area (Å²) in [4.78, 5) is 33.4. The summed E-state index contributed by atoms with van der Waals surface area (Å²) in [6.07, 6.45) is 11.1. The molecular formula is C43H70O11Si. The number of carboxylic acid groups (broad SMARTS) is 1. The van der Waals surface area contributed by atoms with Gasteiger partial charge in [0.05, 0.1) is 31.5 Å². The Bertz CT molecular complexity index is 1430. The Morgan fingerprint density at radius 2 is 1.53 bits per heavy atom. The van der Waals surface area contributed by atoms with Crippen LogP contribution in [0.25, 0.3) is 0 Å². The van der Waals surface area contributed by atoms with E-state index < -0.39 is 44.9 Å². The molecule has 12 heteroatoms. The first kappa shape index (κ1) is 44.2. The van der Waals surface area contributed by atoms with Crippen LogP contribution in [0.2, 0.25) is 18.1 Å². The van der Waals surface area contributed by atoms with Gasteiger partial charge in [-0.1, -0.05) is 53.7 Å². The lowest BCUT2D eigenvalue weighted by Crippen LogP contribution is -2.54. The van der Waals surface area contributed by atoms with Crippen LogP contribution in [-0.4, -0.2) is 96.5 Å². The number of aliphatic hydroxyl groups is 3. The minimum absolute atomic E-state index is 0.0106. The van der Waals surface area contributed by atoms with Crippen molar-refractivity contribution in [3.8, 4) is 0 Å². The predicted octanol–water partition coefficient (Wildman–Crippen LogP) is 6.88. The molecule has 4 bridgehead atoms. The van der Waals surface area contributed by atoms with Crippen molar-refractivity contribution >= 4 is 26.0 Å². The smallest absolute Gasteiger partial charge is 0.332 e. The second-order valence-corrected chi connectivity index (χ2v) is 24.0. The highest BCUT2D eigenvalue weighted by Gasteiger charge is 2.66. The summed E-state index contributed by atoms with van der Waals surface area (Å²) in [5.41, 5.74) is 1.74. The number of carbonyl (C=O) groups excluding carboxylic acids is 2. The Labute approximate surface area is 329 Å². The van der Waals surface area contributed by atoms with Gasteiger partial charge in [-0.2, -0.15) is 0 Å². The number of esters is 1. The summed E-state index contributed by atoms with van der Waals surface area (Å²) >= 11 is 0. The quantitative estimate of drug-likeness (QED) is 0.130. The van der Waals surface area contributed by atoms with Crippen LogP contribution >= 0.6 is 0 Å². The van der Waals surface area contributed by atoms with Crippen LogP contribution in [0.5, 0.6) is 0 Å². The maximum Gasteiger partial charge on any atom is 0.332 e. The number of carbonyl (C=O) groups is 3. The molecule has 11 nitrogen and oxygen atoms in total. The number of aliphatic carboxylic acids is 1. The van der Waals surface area contributed by atoms with Gasteiger partial charge >= 0.3 is 11.9 Å². The zero-order chi connectivity index (χ0) is 40.6. The number of carboxylic acids is 1. The van der Waals surface area contributed by atoms with E-state index in [2.05, 4.69) is 47.0 Å². The van der Waals surface area contributed by atoms with Crippen molar-refractivity contribution in [3.63, 3.8) is 0 Å². The van der Waals surface area contributed by atoms with Gasteiger partial charge in [0.25, 0.3) is 0 Å². The summed E-state index contributed by atoms with van der Waals surface area (Å²) in [7, 11) is -1.93. The summed E-state index contributed by atoms with van der Waals surface area (Å²) < 4.78 is 24.9. The van der Waals surface area contributed by atoms with Gasteiger partial charge in [-0.05, 0) is 104 Å². The Morgan fingerprint density at radius 3 is 2.13 bits per heavy atom. The van der Waals surface area contributed by atoms with E-state index in [4.69, 9.17) is 28.8 Å². The third-order valence-corrected chi connectivity index (χ3v) is 19.5. The number of aliphatic hydroxyl groups excluding tert-OH is 3.